The molecule has 0 aliphatic carbocycles. The molecule has 2 heterocycles. The zero-order chi connectivity index (χ0) is 11.9. The van der Waals surface area contributed by atoms with Gasteiger partial charge in [-0.2, -0.15) is 5.06 Å². The van der Waals surface area contributed by atoms with Crippen molar-refractivity contribution in [2.75, 3.05) is 13.1 Å². The van der Waals surface area contributed by atoms with Crippen LogP contribution in [0.5, 0.6) is 0 Å². The van der Waals surface area contributed by atoms with Crippen LogP contribution in [0.2, 0.25) is 0 Å². The molecule has 2 atom stereocenters. The molecule has 2 rings (SSSR count). The summed E-state index contributed by atoms with van der Waals surface area (Å²) < 4.78 is 12.9. The SMILES string of the molecule is CC1=C[C@@H]2CN(C1)C(=O)N2OC(F)C(=O)O. The van der Waals surface area contributed by atoms with Crippen LogP contribution in [0.25, 0.3) is 0 Å². The minimum Gasteiger partial charge on any atom is -0.477 e. The number of hydroxylamine groups is 2. The Labute approximate surface area is 90.8 Å². The highest BCUT2D eigenvalue weighted by molar-refractivity contribution is 5.78. The number of hydrogen-bond acceptors (Lipinski definition) is 3. The Balaban J connectivity index is 2.11. The third-order valence-corrected chi connectivity index (χ3v) is 2.49. The third kappa shape index (κ3) is 1.73. The van der Waals surface area contributed by atoms with Gasteiger partial charge in [0.15, 0.2) is 0 Å². The molecule has 0 radical (unpaired) electrons. The predicted molar refractivity (Wildman–Crippen MR) is 50.0 cm³/mol. The summed E-state index contributed by atoms with van der Waals surface area (Å²) in [5.74, 6) is -1.75. The Kier molecular flexibility index (Phi) is 2.55. The van der Waals surface area contributed by atoms with Crippen molar-refractivity contribution in [1.82, 2.24) is 9.96 Å². The normalized spacial score (nSPS) is 25.8. The van der Waals surface area contributed by atoms with E-state index in [2.05, 4.69) is 4.84 Å². The van der Waals surface area contributed by atoms with E-state index in [0.717, 1.165) is 10.6 Å². The zero-order valence-corrected chi connectivity index (χ0v) is 8.59. The summed E-state index contributed by atoms with van der Waals surface area (Å²) in [5, 5.41) is 9.14. The zero-order valence-electron chi connectivity index (χ0n) is 8.59. The summed E-state index contributed by atoms with van der Waals surface area (Å²) in [6.07, 6.45) is -0.742. The van der Waals surface area contributed by atoms with Gasteiger partial charge >= 0.3 is 18.4 Å². The molecule has 0 aromatic rings. The van der Waals surface area contributed by atoms with Crippen molar-refractivity contribution in [2.24, 2.45) is 0 Å². The first-order valence-corrected chi connectivity index (χ1v) is 4.78. The van der Waals surface area contributed by atoms with Gasteiger partial charge in [-0.3, -0.25) is 0 Å². The van der Waals surface area contributed by atoms with Gasteiger partial charge < -0.3 is 10.0 Å². The van der Waals surface area contributed by atoms with Gasteiger partial charge in [0.2, 0.25) is 0 Å². The molecule has 0 aromatic heterocycles. The number of aliphatic carboxylic acids is 1. The van der Waals surface area contributed by atoms with Gasteiger partial charge in [-0.1, -0.05) is 11.6 Å². The Hall–Kier alpha value is -1.63. The molecule has 2 amide bonds. The fourth-order valence-corrected chi connectivity index (χ4v) is 1.86. The second kappa shape index (κ2) is 3.75. The van der Waals surface area contributed by atoms with Crippen LogP contribution in [-0.2, 0) is 9.63 Å². The maximum atomic E-state index is 12.9. The minimum atomic E-state index is -2.52. The van der Waals surface area contributed by atoms with Crippen LogP contribution in [0, 0.1) is 0 Å². The van der Waals surface area contributed by atoms with Crippen LogP contribution in [0.15, 0.2) is 11.6 Å². The molecular weight excluding hydrogens is 219 g/mol. The van der Waals surface area contributed by atoms with E-state index < -0.39 is 24.4 Å². The monoisotopic (exact) mass is 230 g/mol. The number of alkyl halides is 1. The molecular formula is C9H11FN2O4. The standard InChI is InChI=1S/C9H11FN2O4/c1-5-2-6-4-11(3-5)9(15)12(6)16-7(10)8(13)14/h2,6-7H,3-4H2,1H3,(H,13,14)/t6-,7?/m1/s1. The van der Waals surface area contributed by atoms with Crippen molar-refractivity contribution in [2.45, 2.75) is 19.3 Å². The molecule has 0 spiro atoms. The summed E-state index contributed by atoms with van der Waals surface area (Å²) in [5.41, 5.74) is 0.974. The summed E-state index contributed by atoms with van der Waals surface area (Å²) >= 11 is 0. The Morgan fingerprint density at radius 1 is 1.75 bits per heavy atom. The maximum Gasteiger partial charge on any atom is 0.368 e. The number of carboxylic acids is 1. The van der Waals surface area contributed by atoms with Gasteiger partial charge in [0.25, 0.3) is 0 Å². The first kappa shape index (κ1) is 10.9. The van der Waals surface area contributed by atoms with Crippen molar-refractivity contribution >= 4 is 12.0 Å². The Morgan fingerprint density at radius 2 is 2.44 bits per heavy atom. The van der Waals surface area contributed by atoms with E-state index in [9.17, 15) is 14.0 Å². The van der Waals surface area contributed by atoms with Gasteiger partial charge in [-0.05, 0) is 6.92 Å². The highest BCUT2D eigenvalue weighted by Gasteiger charge is 2.42. The molecule has 0 saturated carbocycles. The lowest BCUT2D eigenvalue weighted by atomic mass is 10.1. The number of rotatable bonds is 3. The fraction of sp³-hybridized carbons (Fsp3) is 0.556. The van der Waals surface area contributed by atoms with Crippen molar-refractivity contribution < 1.29 is 23.9 Å². The lowest BCUT2D eigenvalue weighted by molar-refractivity contribution is -0.219. The summed E-state index contributed by atoms with van der Waals surface area (Å²) in [6.45, 7) is 2.72. The summed E-state index contributed by atoms with van der Waals surface area (Å²) in [6, 6.07) is -0.902. The van der Waals surface area contributed by atoms with Crippen LogP contribution >= 0.6 is 0 Å². The second-order valence-corrected chi connectivity index (χ2v) is 3.83. The summed E-state index contributed by atoms with van der Waals surface area (Å²) in [7, 11) is 0. The van der Waals surface area contributed by atoms with Crippen molar-refractivity contribution in [3.05, 3.63) is 11.6 Å². The number of amides is 2. The molecule has 88 valence electrons. The molecule has 2 bridgehead atoms. The average molecular weight is 230 g/mol. The van der Waals surface area contributed by atoms with Crippen molar-refractivity contribution in [3.8, 4) is 0 Å². The number of carbonyl (C=O) groups is 2. The first-order valence-electron chi connectivity index (χ1n) is 4.78. The first-order chi connectivity index (χ1) is 7.49. The fourth-order valence-electron chi connectivity index (χ4n) is 1.86. The number of carbonyl (C=O) groups excluding carboxylic acids is 1. The van der Waals surface area contributed by atoms with Crippen LogP contribution in [-0.4, -0.2) is 52.6 Å². The number of urea groups is 1. The largest absolute Gasteiger partial charge is 0.477 e. The van der Waals surface area contributed by atoms with E-state index in [4.69, 9.17) is 5.11 Å². The molecule has 1 N–H and O–H groups in total. The molecule has 2 aliphatic rings. The molecule has 6 nitrogen and oxygen atoms in total. The number of fused-ring (bicyclic) bond motifs is 2. The smallest absolute Gasteiger partial charge is 0.368 e. The number of hydrogen-bond donors (Lipinski definition) is 1. The molecule has 2 aliphatic heterocycles. The minimum absolute atomic E-state index is 0.404. The van der Waals surface area contributed by atoms with Gasteiger partial charge in [0.1, 0.15) is 0 Å². The Morgan fingerprint density at radius 3 is 3.06 bits per heavy atom. The van der Waals surface area contributed by atoms with E-state index >= 15 is 0 Å². The molecule has 1 unspecified atom stereocenters. The van der Waals surface area contributed by atoms with Crippen LogP contribution in [0.1, 0.15) is 6.92 Å². The molecule has 16 heavy (non-hydrogen) atoms. The lowest BCUT2D eigenvalue weighted by Gasteiger charge is -2.20. The number of halogens is 1. The van der Waals surface area contributed by atoms with Crippen molar-refractivity contribution in [1.29, 1.82) is 0 Å². The van der Waals surface area contributed by atoms with E-state index in [1.165, 1.54) is 4.90 Å². The number of nitrogens with zero attached hydrogens (tertiary/aromatic N) is 2. The molecule has 7 heteroatoms. The average Bonchev–Trinajstić information content (AvgIpc) is 2.42. The maximum absolute atomic E-state index is 12.9. The topological polar surface area (TPSA) is 70.1 Å². The van der Waals surface area contributed by atoms with Crippen LogP contribution in [0.3, 0.4) is 0 Å². The van der Waals surface area contributed by atoms with E-state index in [1.54, 1.807) is 6.08 Å². The molecule has 1 fully saturated rings. The van der Waals surface area contributed by atoms with Gasteiger partial charge in [-0.25, -0.2) is 18.8 Å². The van der Waals surface area contributed by atoms with E-state index in [1.807, 2.05) is 6.92 Å². The van der Waals surface area contributed by atoms with Crippen molar-refractivity contribution in [3.63, 3.8) is 0 Å². The van der Waals surface area contributed by atoms with Gasteiger partial charge in [0.05, 0.1) is 6.04 Å². The third-order valence-electron chi connectivity index (χ3n) is 2.49. The lowest BCUT2D eigenvalue weighted by Crippen LogP contribution is -2.38. The van der Waals surface area contributed by atoms with Crippen LogP contribution < -0.4 is 0 Å². The molecule has 0 aromatic carbocycles. The second-order valence-electron chi connectivity index (χ2n) is 3.83. The molecule has 1 saturated heterocycles. The van der Waals surface area contributed by atoms with E-state index in [-0.39, 0.29) is 0 Å². The van der Waals surface area contributed by atoms with E-state index in [0.29, 0.717) is 13.1 Å². The highest BCUT2D eigenvalue weighted by Crippen LogP contribution is 2.25. The Bertz CT molecular complexity index is 371. The van der Waals surface area contributed by atoms with Gasteiger partial charge in [-0.15, -0.1) is 0 Å². The predicted octanol–water partition coefficient (Wildman–Crippen LogP) is 0.364. The quantitative estimate of drug-likeness (QED) is 0.711. The highest BCUT2D eigenvalue weighted by atomic mass is 19.1. The van der Waals surface area contributed by atoms with Crippen LogP contribution in [0.4, 0.5) is 9.18 Å². The number of carboxylic acid groups (broad SMARTS) is 1. The summed E-state index contributed by atoms with van der Waals surface area (Å²) in [4.78, 5) is 27.9. The van der Waals surface area contributed by atoms with Gasteiger partial charge in [0, 0.05) is 13.1 Å².